The molecule has 1 saturated heterocycles. The Morgan fingerprint density at radius 3 is 2.48 bits per heavy atom. The Morgan fingerprint density at radius 1 is 0.913 bits per heavy atom. The highest BCUT2D eigenvalue weighted by atomic mass is 15.2. The number of aromatic nitrogens is 1. The standard InChI is InChI=1S/C20H23N3/c1-15-6-2-3-7-16(15)20(23-12-10-21-11-13-23)18-14-22-19-9-5-4-8-17(18)19/h2-9,14,20-22H,10-13H2,1H3. The van der Waals surface area contributed by atoms with Crippen molar-refractivity contribution in [2.75, 3.05) is 26.2 Å². The van der Waals surface area contributed by atoms with Crippen LogP contribution in [-0.4, -0.2) is 36.1 Å². The number of para-hydroxylation sites is 1. The number of fused-ring (bicyclic) bond motifs is 1. The van der Waals surface area contributed by atoms with E-state index in [-0.39, 0.29) is 0 Å². The van der Waals surface area contributed by atoms with Crippen molar-refractivity contribution in [3.63, 3.8) is 0 Å². The van der Waals surface area contributed by atoms with E-state index in [9.17, 15) is 0 Å². The second-order valence-corrected chi connectivity index (χ2v) is 6.33. The molecule has 2 aromatic carbocycles. The van der Waals surface area contributed by atoms with Gasteiger partial charge in [0.2, 0.25) is 0 Å². The molecule has 0 aliphatic carbocycles. The Hall–Kier alpha value is -2.10. The van der Waals surface area contributed by atoms with Crippen LogP contribution in [0.25, 0.3) is 10.9 Å². The van der Waals surface area contributed by atoms with Gasteiger partial charge >= 0.3 is 0 Å². The highest BCUT2D eigenvalue weighted by Crippen LogP contribution is 2.35. The van der Waals surface area contributed by atoms with Crippen LogP contribution in [0.1, 0.15) is 22.7 Å². The molecule has 118 valence electrons. The number of benzene rings is 2. The number of hydrogen-bond acceptors (Lipinski definition) is 2. The van der Waals surface area contributed by atoms with Crippen molar-refractivity contribution in [1.82, 2.24) is 15.2 Å². The van der Waals surface area contributed by atoms with E-state index < -0.39 is 0 Å². The largest absolute Gasteiger partial charge is 0.361 e. The fourth-order valence-corrected chi connectivity index (χ4v) is 3.72. The number of nitrogens with zero attached hydrogens (tertiary/aromatic N) is 1. The number of hydrogen-bond donors (Lipinski definition) is 2. The van der Waals surface area contributed by atoms with Crippen LogP contribution in [0.4, 0.5) is 0 Å². The van der Waals surface area contributed by atoms with Crippen molar-refractivity contribution in [1.29, 1.82) is 0 Å². The molecule has 1 aliphatic rings. The fourth-order valence-electron chi connectivity index (χ4n) is 3.72. The maximum Gasteiger partial charge on any atom is 0.0626 e. The minimum Gasteiger partial charge on any atom is -0.361 e. The molecule has 3 nitrogen and oxygen atoms in total. The van der Waals surface area contributed by atoms with Gasteiger partial charge < -0.3 is 10.3 Å². The number of piperazine rings is 1. The lowest BCUT2D eigenvalue weighted by Gasteiger charge is -2.36. The van der Waals surface area contributed by atoms with Crippen LogP contribution in [0.3, 0.4) is 0 Å². The fraction of sp³-hybridized carbons (Fsp3) is 0.300. The molecule has 0 radical (unpaired) electrons. The molecule has 1 aliphatic heterocycles. The molecule has 2 N–H and O–H groups in total. The zero-order valence-corrected chi connectivity index (χ0v) is 13.5. The van der Waals surface area contributed by atoms with Gasteiger partial charge in [0.15, 0.2) is 0 Å². The van der Waals surface area contributed by atoms with Crippen LogP contribution in [0, 0.1) is 6.92 Å². The topological polar surface area (TPSA) is 31.1 Å². The average molecular weight is 305 g/mol. The summed E-state index contributed by atoms with van der Waals surface area (Å²) in [5.41, 5.74) is 5.38. The van der Waals surface area contributed by atoms with Crippen molar-refractivity contribution in [3.8, 4) is 0 Å². The molecule has 1 unspecified atom stereocenters. The first-order valence-electron chi connectivity index (χ1n) is 8.41. The average Bonchev–Trinajstić information content (AvgIpc) is 3.02. The van der Waals surface area contributed by atoms with Gasteiger partial charge in [0.1, 0.15) is 0 Å². The number of rotatable bonds is 3. The Kier molecular flexibility index (Phi) is 3.90. The summed E-state index contributed by atoms with van der Waals surface area (Å²) in [7, 11) is 0. The summed E-state index contributed by atoms with van der Waals surface area (Å²) in [5.74, 6) is 0. The van der Waals surface area contributed by atoms with E-state index in [1.54, 1.807) is 0 Å². The van der Waals surface area contributed by atoms with Crippen molar-refractivity contribution in [3.05, 3.63) is 71.4 Å². The molecular formula is C20H23N3. The lowest BCUT2D eigenvalue weighted by molar-refractivity contribution is 0.199. The molecular weight excluding hydrogens is 282 g/mol. The van der Waals surface area contributed by atoms with Gasteiger partial charge in [0.25, 0.3) is 0 Å². The van der Waals surface area contributed by atoms with Crippen molar-refractivity contribution >= 4 is 10.9 Å². The quantitative estimate of drug-likeness (QED) is 0.776. The SMILES string of the molecule is Cc1ccccc1C(c1c[nH]c2ccccc12)N1CCNCC1. The number of nitrogens with one attached hydrogen (secondary N) is 2. The molecule has 2 heterocycles. The van der Waals surface area contributed by atoms with Crippen LogP contribution in [0.15, 0.2) is 54.7 Å². The number of aromatic amines is 1. The van der Waals surface area contributed by atoms with Crippen molar-refractivity contribution < 1.29 is 0 Å². The molecule has 3 aromatic rings. The maximum atomic E-state index is 3.47. The lowest BCUT2D eigenvalue weighted by Crippen LogP contribution is -2.45. The number of H-pyrrole nitrogens is 1. The van der Waals surface area contributed by atoms with Gasteiger partial charge in [-0.25, -0.2) is 0 Å². The van der Waals surface area contributed by atoms with Gasteiger partial charge in [-0.3, -0.25) is 4.90 Å². The van der Waals surface area contributed by atoms with E-state index in [1.807, 2.05) is 0 Å². The molecule has 1 aromatic heterocycles. The molecule has 1 atom stereocenters. The number of aryl methyl sites for hydroxylation is 1. The third kappa shape index (κ3) is 2.67. The van der Waals surface area contributed by atoms with Gasteiger partial charge in [-0.2, -0.15) is 0 Å². The molecule has 0 amide bonds. The molecule has 23 heavy (non-hydrogen) atoms. The van der Waals surface area contributed by atoms with E-state index >= 15 is 0 Å². The lowest BCUT2D eigenvalue weighted by atomic mass is 9.93. The monoisotopic (exact) mass is 305 g/mol. The smallest absolute Gasteiger partial charge is 0.0626 e. The van der Waals surface area contributed by atoms with E-state index in [1.165, 1.54) is 27.6 Å². The van der Waals surface area contributed by atoms with Crippen LogP contribution in [-0.2, 0) is 0 Å². The summed E-state index contributed by atoms with van der Waals surface area (Å²) < 4.78 is 0. The summed E-state index contributed by atoms with van der Waals surface area (Å²) in [6.45, 7) is 6.51. The predicted octanol–water partition coefficient (Wildman–Crippen LogP) is 3.47. The third-order valence-electron chi connectivity index (χ3n) is 4.92. The minimum atomic E-state index is 0.314. The molecule has 4 rings (SSSR count). The van der Waals surface area contributed by atoms with Crippen molar-refractivity contribution in [2.24, 2.45) is 0 Å². The van der Waals surface area contributed by atoms with Gasteiger partial charge in [0.05, 0.1) is 6.04 Å². The first kappa shape index (κ1) is 14.5. The van der Waals surface area contributed by atoms with Gasteiger partial charge in [0, 0.05) is 43.3 Å². The zero-order valence-electron chi connectivity index (χ0n) is 13.5. The second-order valence-electron chi connectivity index (χ2n) is 6.33. The summed E-state index contributed by atoms with van der Waals surface area (Å²) >= 11 is 0. The summed E-state index contributed by atoms with van der Waals surface area (Å²) in [6, 6.07) is 17.7. The predicted molar refractivity (Wildman–Crippen MR) is 95.8 cm³/mol. The molecule has 0 saturated carbocycles. The van der Waals surface area contributed by atoms with E-state index in [4.69, 9.17) is 0 Å². The molecule has 0 spiro atoms. The van der Waals surface area contributed by atoms with E-state index in [0.717, 1.165) is 26.2 Å². The van der Waals surface area contributed by atoms with E-state index in [0.29, 0.717) is 6.04 Å². The Labute approximate surface area is 137 Å². The molecule has 1 fully saturated rings. The maximum absolute atomic E-state index is 3.47. The van der Waals surface area contributed by atoms with Gasteiger partial charge in [-0.05, 0) is 29.7 Å². The summed E-state index contributed by atoms with van der Waals surface area (Å²) in [4.78, 5) is 6.06. The minimum absolute atomic E-state index is 0.314. The zero-order chi connectivity index (χ0) is 15.6. The van der Waals surface area contributed by atoms with Crippen LogP contribution < -0.4 is 5.32 Å². The Morgan fingerprint density at radius 2 is 1.65 bits per heavy atom. The van der Waals surface area contributed by atoms with Crippen LogP contribution in [0.5, 0.6) is 0 Å². The van der Waals surface area contributed by atoms with Gasteiger partial charge in [-0.15, -0.1) is 0 Å². The third-order valence-corrected chi connectivity index (χ3v) is 4.92. The Balaban J connectivity index is 1.86. The normalized spacial score (nSPS) is 17.4. The highest BCUT2D eigenvalue weighted by Gasteiger charge is 2.26. The first-order chi connectivity index (χ1) is 11.3. The van der Waals surface area contributed by atoms with E-state index in [2.05, 4.69) is 76.9 Å². The van der Waals surface area contributed by atoms with Crippen LogP contribution in [0.2, 0.25) is 0 Å². The molecule has 3 heteroatoms. The Bertz CT molecular complexity index is 799. The highest BCUT2D eigenvalue weighted by molar-refractivity contribution is 5.84. The second kappa shape index (κ2) is 6.19. The summed E-state index contributed by atoms with van der Waals surface area (Å²) in [5, 5.41) is 4.80. The summed E-state index contributed by atoms with van der Waals surface area (Å²) in [6.07, 6.45) is 2.20. The van der Waals surface area contributed by atoms with Crippen molar-refractivity contribution in [2.45, 2.75) is 13.0 Å². The molecule has 0 bridgehead atoms. The van der Waals surface area contributed by atoms with Gasteiger partial charge in [-0.1, -0.05) is 42.5 Å². The first-order valence-corrected chi connectivity index (χ1v) is 8.41. The van der Waals surface area contributed by atoms with Crippen LogP contribution >= 0.6 is 0 Å².